The third-order valence-corrected chi connectivity index (χ3v) is 3.61. The first-order valence-corrected chi connectivity index (χ1v) is 6.73. The molecule has 0 amide bonds. The Hall–Kier alpha value is -1.54. The molecule has 4 nitrogen and oxygen atoms in total. The molecule has 0 spiro atoms. The predicted molar refractivity (Wildman–Crippen MR) is 74.9 cm³/mol. The van der Waals surface area contributed by atoms with E-state index in [0.717, 1.165) is 6.07 Å². The van der Waals surface area contributed by atoms with Gasteiger partial charge in [0, 0.05) is 11.5 Å². The standard InChI is InChI=1S/C13H13BrF3N3O/c1-20-12(10(21-2)6-19-20)11(18)8-4-3-7(14)5-9(8)13(15,16)17/h3-6,11H,18H2,1-2H3. The van der Waals surface area contributed by atoms with Crippen LogP contribution >= 0.6 is 15.9 Å². The smallest absolute Gasteiger partial charge is 0.416 e. The van der Waals surface area contributed by atoms with E-state index in [2.05, 4.69) is 21.0 Å². The molecule has 2 rings (SSSR count). The Kier molecular flexibility index (Phi) is 4.29. The number of ether oxygens (including phenoxy) is 1. The molecule has 2 N–H and O–H groups in total. The van der Waals surface area contributed by atoms with Gasteiger partial charge < -0.3 is 10.5 Å². The minimum absolute atomic E-state index is 0.0346. The van der Waals surface area contributed by atoms with Gasteiger partial charge in [-0.05, 0) is 17.7 Å². The number of hydrogen-bond acceptors (Lipinski definition) is 3. The van der Waals surface area contributed by atoms with Crippen molar-refractivity contribution in [2.75, 3.05) is 7.11 Å². The highest BCUT2D eigenvalue weighted by Gasteiger charge is 2.36. The highest BCUT2D eigenvalue weighted by Crippen LogP contribution is 2.38. The Morgan fingerprint density at radius 1 is 1.38 bits per heavy atom. The van der Waals surface area contributed by atoms with E-state index in [9.17, 15) is 13.2 Å². The summed E-state index contributed by atoms with van der Waals surface area (Å²) in [6, 6.07) is 2.88. The minimum atomic E-state index is -4.50. The van der Waals surface area contributed by atoms with Crippen LogP contribution in [0, 0.1) is 0 Å². The van der Waals surface area contributed by atoms with Crippen LogP contribution in [0.2, 0.25) is 0 Å². The first-order chi connectivity index (χ1) is 9.75. The van der Waals surface area contributed by atoms with E-state index in [0.29, 0.717) is 15.9 Å². The quantitative estimate of drug-likeness (QED) is 0.910. The fourth-order valence-corrected chi connectivity index (χ4v) is 2.49. The summed E-state index contributed by atoms with van der Waals surface area (Å²) in [5.41, 5.74) is 5.59. The number of rotatable bonds is 3. The number of alkyl halides is 3. The summed E-state index contributed by atoms with van der Waals surface area (Å²) in [4.78, 5) is 0. The minimum Gasteiger partial charge on any atom is -0.493 e. The summed E-state index contributed by atoms with van der Waals surface area (Å²) in [5, 5.41) is 3.96. The molecule has 0 saturated carbocycles. The van der Waals surface area contributed by atoms with Gasteiger partial charge in [0.15, 0.2) is 5.75 Å². The van der Waals surface area contributed by atoms with Crippen molar-refractivity contribution >= 4 is 15.9 Å². The molecule has 0 bridgehead atoms. The third kappa shape index (κ3) is 3.06. The van der Waals surface area contributed by atoms with Gasteiger partial charge in [-0.3, -0.25) is 4.68 Å². The van der Waals surface area contributed by atoms with E-state index in [1.165, 1.54) is 30.1 Å². The van der Waals surface area contributed by atoms with E-state index in [1.54, 1.807) is 7.05 Å². The second-order valence-electron chi connectivity index (χ2n) is 4.43. The van der Waals surface area contributed by atoms with Crippen LogP contribution in [-0.4, -0.2) is 16.9 Å². The summed E-state index contributed by atoms with van der Waals surface area (Å²) in [6.45, 7) is 0. The van der Waals surface area contributed by atoms with Crippen molar-refractivity contribution in [1.29, 1.82) is 0 Å². The average Bonchev–Trinajstić information content (AvgIpc) is 2.78. The van der Waals surface area contributed by atoms with Crippen LogP contribution in [0.15, 0.2) is 28.9 Å². The monoisotopic (exact) mass is 363 g/mol. The molecule has 8 heteroatoms. The van der Waals surface area contributed by atoms with Crippen LogP contribution in [0.1, 0.15) is 22.9 Å². The zero-order valence-corrected chi connectivity index (χ0v) is 12.9. The largest absolute Gasteiger partial charge is 0.493 e. The Labute approximate surface area is 127 Å². The van der Waals surface area contributed by atoms with E-state index in [4.69, 9.17) is 10.5 Å². The number of aromatic nitrogens is 2. The molecule has 0 saturated heterocycles. The van der Waals surface area contributed by atoms with Crippen molar-refractivity contribution in [2.45, 2.75) is 12.2 Å². The molecule has 0 aliphatic carbocycles. The Morgan fingerprint density at radius 2 is 2.05 bits per heavy atom. The summed E-state index contributed by atoms with van der Waals surface area (Å²) in [7, 11) is 3.02. The molecule has 1 heterocycles. The van der Waals surface area contributed by atoms with Crippen LogP contribution in [-0.2, 0) is 13.2 Å². The summed E-state index contributed by atoms with van der Waals surface area (Å²) < 4.78 is 46.4. The van der Waals surface area contributed by atoms with E-state index >= 15 is 0 Å². The third-order valence-electron chi connectivity index (χ3n) is 3.12. The van der Waals surface area contributed by atoms with Gasteiger partial charge in [0.25, 0.3) is 0 Å². The Bertz CT molecular complexity index is 655. The van der Waals surface area contributed by atoms with E-state index in [1.807, 2.05) is 0 Å². The van der Waals surface area contributed by atoms with Crippen molar-refractivity contribution in [3.63, 3.8) is 0 Å². The SMILES string of the molecule is COc1cnn(C)c1C(N)c1ccc(Br)cc1C(F)(F)F. The average molecular weight is 364 g/mol. The molecule has 1 atom stereocenters. The maximum Gasteiger partial charge on any atom is 0.416 e. The zero-order chi connectivity index (χ0) is 15.8. The van der Waals surface area contributed by atoms with Gasteiger partial charge in [-0.1, -0.05) is 22.0 Å². The lowest BCUT2D eigenvalue weighted by atomic mass is 9.98. The van der Waals surface area contributed by atoms with Gasteiger partial charge in [0.05, 0.1) is 24.9 Å². The number of methoxy groups -OCH3 is 1. The van der Waals surface area contributed by atoms with Gasteiger partial charge in [0.1, 0.15) is 5.69 Å². The molecule has 1 aromatic heterocycles. The Balaban J connectivity index is 2.58. The van der Waals surface area contributed by atoms with Gasteiger partial charge >= 0.3 is 6.18 Å². The van der Waals surface area contributed by atoms with Crippen LogP contribution < -0.4 is 10.5 Å². The zero-order valence-electron chi connectivity index (χ0n) is 11.3. The Morgan fingerprint density at radius 3 is 2.62 bits per heavy atom. The maximum absolute atomic E-state index is 13.2. The predicted octanol–water partition coefficient (Wildman–Crippen LogP) is 3.26. The fraction of sp³-hybridized carbons (Fsp3) is 0.308. The number of halogens is 4. The first kappa shape index (κ1) is 15.8. The molecular formula is C13H13BrF3N3O. The molecule has 1 unspecified atom stereocenters. The fourth-order valence-electron chi connectivity index (χ4n) is 2.13. The topological polar surface area (TPSA) is 53.1 Å². The van der Waals surface area contributed by atoms with Crippen LogP contribution in [0.5, 0.6) is 5.75 Å². The molecule has 114 valence electrons. The van der Waals surface area contributed by atoms with Crippen molar-refractivity contribution in [1.82, 2.24) is 9.78 Å². The molecular weight excluding hydrogens is 351 g/mol. The number of hydrogen-bond donors (Lipinski definition) is 1. The van der Waals surface area contributed by atoms with E-state index < -0.39 is 17.8 Å². The molecule has 0 aliphatic heterocycles. The number of nitrogens with two attached hydrogens (primary N) is 1. The van der Waals surface area contributed by atoms with Crippen molar-refractivity contribution in [3.8, 4) is 5.75 Å². The summed E-state index contributed by atoms with van der Waals surface area (Å²) in [6.07, 6.45) is -3.08. The molecule has 0 aliphatic rings. The lowest BCUT2D eigenvalue weighted by Gasteiger charge is -2.19. The van der Waals surface area contributed by atoms with Gasteiger partial charge in [0.2, 0.25) is 0 Å². The molecule has 0 fully saturated rings. The van der Waals surface area contributed by atoms with Crippen molar-refractivity contribution in [2.24, 2.45) is 12.8 Å². The van der Waals surface area contributed by atoms with Crippen LogP contribution in [0.3, 0.4) is 0 Å². The van der Waals surface area contributed by atoms with Gasteiger partial charge in [-0.25, -0.2) is 0 Å². The summed E-state index contributed by atoms with van der Waals surface area (Å²) >= 11 is 3.05. The number of nitrogens with zero attached hydrogens (tertiary/aromatic N) is 2. The maximum atomic E-state index is 13.2. The van der Waals surface area contributed by atoms with Crippen molar-refractivity contribution in [3.05, 3.63) is 45.7 Å². The number of aryl methyl sites for hydroxylation is 1. The normalized spacial score (nSPS) is 13.3. The lowest BCUT2D eigenvalue weighted by molar-refractivity contribution is -0.138. The molecule has 0 radical (unpaired) electrons. The highest BCUT2D eigenvalue weighted by atomic mass is 79.9. The number of benzene rings is 1. The van der Waals surface area contributed by atoms with Crippen LogP contribution in [0.25, 0.3) is 0 Å². The van der Waals surface area contributed by atoms with Crippen molar-refractivity contribution < 1.29 is 17.9 Å². The van der Waals surface area contributed by atoms with Gasteiger partial charge in [-0.15, -0.1) is 0 Å². The molecule has 2 aromatic rings. The lowest BCUT2D eigenvalue weighted by Crippen LogP contribution is -2.21. The van der Waals surface area contributed by atoms with Crippen LogP contribution in [0.4, 0.5) is 13.2 Å². The molecule has 21 heavy (non-hydrogen) atoms. The summed E-state index contributed by atoms with van der Waals surface area (Å²) in [5.74, 6) is 0.348. The van der Waals surface area contributed by atoms with E-state index in [-0.39, 0.29) is 5.56 Å². The second kappa shape index (κ2) is 5.69. The first-order valence-electron chi connectivity index (χ1n) is 5.93. The van der Waals surface area contributed by atoms with Gasteiger partial charge in [-0.2, -0.15) is 18.3 Å². The second-order valence-corrected chi connectivity index (χ2v) is 5.34. The highest BCUT2D eigenvalue weighted by molar-refractivity contribution is 9.10. The molecule has 1 aromatic carbocycles.